The predicted molar refractivity (Wildman–Crippen MR) is 115 cm³/mol. The van der Waals surface area contributed by atoms with Gasteiger partial charge in [0.2, 0.25) is 5.91 Å². The number of nitrogens with one attached hydrogen (secondary N) is 1. The Balaban J connectivity index is 1.45. The highest BCUT2D eigenvalue weighted by molar-refractivity contribution is 7.18. The van der Waals surface area contributed by atoms with Gasteiger partial charge in [-0.25, -0.2) is 4.98 Å². The van der Waals surface area contributed by atoms with Crippen LogP contribution in [0, 0.1) is 11.3 Å². The van der Waals surface area contributed by atoms with Crippen molar-refractivity contribution in [2.45, 2.75) is 71.9 Å². The molecule has 3 heterocycles. The summed E-state index contributed by atoms with van der Waals surface area (Å²) in [6, 6.07) is 0. The highest BCUT2D eigenvalue weighted by atomic mass is 32.1. The van der Waals surface area contributed by atoms with Crippen molar-refractivity contribution in [2.75, 3.05) is 13.2 Å². The monoisotopic (exact) mass is 417 g/mol. The topological polar surface area (TPSA) is 73.2 Å². The molecule has 6 nitrogen and oxygen atoms in total. The van der Waals surface area contributed by atoms with Gasteiger partial charge in [0.1, 0.15) is 4.83 Å². The minimum atomic E-state index is -0.0483. The third-order valence-electron chi connectivity index (χ3n) is 6.39. The number of nitrogens with zero attached hydrogens (tertiary/aromatic N) is 2. The first kappa shape index (κ1) is 20.5. The third-order valence-corrected chi connectivity index (χ3v) is 7.55. The number of aryl methyl sites for hydroxylation is 2. The molecule has 4 rings (SSSR count). The van der Waals surface area contributed by atoms with E-state index in [1.54, 1.807) is 22.2 Å². The highest BCUT2D eigenvalue weighted by Crippen LogP contribution is 2.41. The van der Waals surface area contributed by atoms with Crippen LogP contribution in [0.25, 0.3) is 10.2 Å². The molecule has 1 saturated heterocycles. The Morgan fingerprint density at radius 2 is 2.21 bits per heavy atom. The molecule has 0 bridgehead atoms. The van der Waals surface area contributed by atoms with Crippen molar-refractivity contribution in [1.82, 2.24) is 14.9 Å². The van der Waals surface area contributed by atoms with Crippen LogP contribution in [0.15, 0.2) is 11.1 Å². The van der Waals surface area contributed by atoms with Gasteiger partial charge in [-0.2, -0.15) is 0 Å². The molecule has 0 spiro atoms. The van der Waals surface area contributed by atoms with Crippen molar-refractivity contribution in [1.29, 1.82) is 0 Å². The predicted octanol–water partition coefficient (Wildman–Crippen LogP) is 3.29. The quantitative estimate of drug-likeness (QED) is 0.810. The fourth-order valence-electron chi connectivity index (χ4n) is 4.44. The second-order valence-corrected chi connectivity index (χ2v) is 10.5. The molecule has 1 amide bonds. The van der Waals surface area contributed by atoms with Crippen LogP contribution >= 0.6 is 11.3 Å². The molecule has 29 heavy (non-hydrogen) atoms. The van der Waals surface area contributed by atoms with Gasteiger partial charge in [0, 0.05) is 31.0 Å². The molecule has 0 saturated carbocycles. The number of hydrogen-bond acceptors (Lipinski definition) is 5. The minimum Gasteiger partial charge on any atom is -0.376 e. The fourth-order valence-corrected chi connectivity index (χ4v) is 5.70. The molecular formula is C22H31N3O3S. The Kier molecular flexibility index (Phi) is 5.80. The zero-order valence-electron chi connectivity index (χ0n) is 17.6. The van der Waals surface area contributed by atoms with Crippen molar-refractivity contribution in [3.05, 3.63) is 27.1 Å². The van der Waals surface area contributed by atoms with Crippen LogP contribution in [0.1, 0.15) is 56.9 Å². The van der Waals surface area contributed by atoms with Crippen molar-refractivity contribution in [2.24, 2.45) is 11.3 Å². The number of carbonyl (C=O) groups is 1. The molecule has 2 aromatic heterocycles. The standard InChI is InChI=1S/C22H31N3O3S/c1-22(2,3)14-6-7-16-17(11-14)29-20-19(16)21(27)25(13-24-20)9-8-18(26)23-12-15-5-4-10-28-15/h13-15H,4-12H2,1-3H3,(H,23,26). The molecular weight excluding hydrogens is 386 g/mol. The summed E-state index contributed by atoms with van der Waals surface area (Å²) in [5.74, 6) is 0.589. The SMILES string of the molecule is CC(C)(C)C1CCc2c(sc3ncn(CCC(=O)NCC4CCCO4)c(=O)c23)C1. The average Bonchev–Trinajstić information content (AvgIpc) is 3.32. The zero-order valence-corrected chi connectivity index (χ0v) is 18.4. The van der Waals surface area contributed by atoms with Crippen LogP contribution in [0.5, 0.6) is 0 Å². The molecule has 1 fully saturated rings. The Morgan fingerprint density at radius 3 is 2.93 bits per heavy atom. The van der Waals surface area contributed by atoms with Gasteiger partial charge in [-0.05, 0) is 49.0 Å². The number of hydrogen-bond donors (Lipinski definition) is 1. The maximum absolute atomic E-state index is 13.1. The van der Waals surface area contributed by atoms with Crippen LogP contribution in [0.3, 0.4) is 0 Å². The molecule has 2 aliphatic rings. The van der Waals surface area contributed by atoms with E-state index in [4.69, 9.17) is 4.74 Å². The number of ether oxygens (including phenoxy) is 1. The van der Waals surface area contributed by atoms with Crippen molar-refractivity contribution in [3.63, 3.8) is 0 Å². The Labute approximate surface area is 175 Å². The van der Waals surface area contributed by atoms with Gasteiger partial charge >= 0.3 is 0 Å². The molecule has 0 radical (unpaired) electrons. The summed E-state index contributed by atoms with van der Waals surface area (Å²) in [5, 5.41) is 3.70. The number of fused-ring (bicyclic) bond motifs is 3. The van der Waals surface area contributed by atoms with E-state index < -0.39 is 0 Å². The Morgan fingerprint density at radius 1 is 1.38 bits per heavy atom. The van der Waals surface area contributed by atoms with Gasteiger partial charge in [0.25, 0.3) is 5.56 Å². The van der Waals surface area contributed by atoms with E-state index >= 15 is 0 Å². The highest BCUT2D eigenvalue weighted by Gasteiger charge is 2.31. The zero-order chi connectivity index (χ0) is 20.6. The van der Waals surface area contributed by atoms with Gasteiger partial charge in [-0.15, -0.1) is 11.3 Å². The third kappa shape index (κ3) is 4.40. The Bertz CT molecular complexity index is 951. The summed E-state index contributed by atoms with van der Waals surface area (Å²) in [5.41, 5.74) is 1.46. The summed E-state index contributed by atoms with van der Waals surface area (Å²) >= 11 is 1.67. The van der Waals surface area contributed by atoms with E-state index in [0.29, 0.717) is 19.0 Å². The minimum absolute atomic E-state index is 0.00589. The summed E-state index contributed by atoms with van der Waals surface area (Å²) in [4.78, 5) is 32.0. The molecule has 158 valence electrons. The van der Waals surface area contributed by atoms with Crippen molar-refractivity contribution < 1.29 is 9.53 Å². The smallest absolute Gasteiger partial charge is 0.262 e. The largest absolute Gasteiger partial charge is 0.376 e. The van der Waals surface area contributed by atoms with E-state index in [2.05, 4.69) is 31.1 Å². The molecule has 1 N–H and O–H groups in total. The van der Waals surface area contributed by atoms with Crippen LogP contribution < -0.4 is 10.9 Å². The molecule has 1 aliphatic carbocycles. The summed E-state index contributed by atoms with van der Waals surface area (Å²) in [6.45, 7) is 8.58. The lowest BCUT2D eigenvalue weighted by molar-refractivity contribution is -0.121. The maximum Gasteiger partial charge on any atom is 0.262 e. The summed E-state index contributed by atoms with van der Waals surface area (Å²) < 4.78 is 7.12. The lowest BCUT2D eigenvalue weighted by Crippen LogP contribution is -2.33. The molecule has 7 heteroatoms. The summed E-state index contributed by atoms with van der Waals surface area (Å²) in [6.07, 6.45) is 7.16. The van der Waals surface area contributed by atoms with Crippen LogP contribution in [-0.4, -0.2) is 34.7 Å². The molecule has 2 atom stereocenters. The average molecular weight is 418 g/mol. The first-order valence-electron chi connectivity index (χ1n) is 10.7. The van der Waals surface area contributed by atoms with E-state index in [1.165, 1.54) is 10.4 Å². The van der Waals surface area contributed by atoms with Crippen LogP contribution in [0.4, 0.5) is 0 Å². The summed E-state index contributed by atoms with van der Waals surface area (Å²) in [7, 11) is 0. The van der Waals surface area contributed by atoms with Gasteiger partial charge < -0.3 is 10.1 Å². The van der Waals surface area contributed by atoms with Gasteiger partial charge in [-0.1, -0.05) is 20.8 Å². The number of amides is 1. The second-order valence-electron chi connectivity index (χ2n) is 9.42. The van der Waals surface area contributed by atoms with Gasteiger partial charge in [0.15, 0.2) is 0 Å². The fraction of sp³-hybridized carbons (Fsp3) is 0.682. The van der Waals surface area contributed by atoms with Crippen LogP contribution in [0.2, 0.25) is 0 Å². The number of aromatic nitrogens is 2. The molecule has 2 aromatic rings. The number of thiophene rings is 1. The first-order chi connectivity index (χ1) is 13.8. The van der Waals surface area contributed by atoms with E-state index in [0.717, 1.165) is 48.9 Å². The van der Waals surface area contributed by atoms with E-state index in [-0.39, 0.29) is 29.4 Å². The lowest BCUT2D eigenvalue weighted by Gasteiger charge is -2.33. The maximum atomic E-state index is 13.1. The Hall–Kier alpha value is -1.73. The first-order valence-corrected chi connectivity index (χ1v) is 11.5. The molecule has 0 aromatic carbocycles. The van der Waals surface area contributed by atoms with E-state index in [1.807, 2.05) is 0 Å². The molecule has 1 aliphatic heterocycles. The lowest BCUT2D eigenvalue weighted by atomic mass is 9.72. The second kappa shape index (κ2) is 8.19. The van der Waals surface area contributed by atoms with Crippen LogP contribution in [-0.2, 0) is 28.9 Å². The number of carbonyl (C=O) groups excluding carboxylic acids is 1. The van der Waals surface area contributed by atoms with Gasteiger partial charge in [0.05, 0.1) is 17.8 Å². The van der Waals surface area contributed by atoms with E-state index in [9.17, 15) is 9.59 Å². The van der Waals surface area contributed by atoms with Crippen molar-refractivity contribution >= 4 is 27.5 Å². The van der Waals surface area contributed by atoms with Gasteiger partial charge in [-0.3, -0.25) is 14.2 Å². The van der Waals surface area contributed by atoms with Crippen molar-refractivity contribution in [3.8, 4) is 0 Å². The number of rotatable bonds is 5. The molecule has 2 unspecified atom stereocenters. The normalized spacial score (nSPS) is 22.0.